The lowest BCUT2D eigenvalue weighted by atomic mass is 10.2. The van der Waals surface area contributed by atoms with Crippen LogP contribution in [0.1, 0.15) is 5.56 Å². The van der Waals surface area contributed by atoms with Crippen molar-refractivity contribution in [3.05, 3.63) is 23.8 Å². The van der Waals surface area contributed by atoms with Crippen LogP contribution in [0.25, 0.3) is 11.1 Å². The van der Waals surface area contributed by atoms with E-state index in [1.165, 1.54) is 0 Å². The molecule has 0 saturated heterocycles. The maximum Gasteiger partial charge on any atom is 0.399 e. The van der Waals surface area contributed by atoms with E-state index in [2.05, 4.69) is 9.72 Å². The van der Waals surface area contributed by atoms with Crippen LogP contribution in [0, 0.1) is 0 Å². The van der Waals surface area contributed by atoms with Crippen LogP contribution in [0.2, 0.25) is 0 Å². The number of oxazole rings is 1. The van der Waals surface area contributed by atoms with Gasteiger partial charge in [0.2, 0.25) is 0 Å². The topological polar surface area (TPSA) is 35.3 Å². The van der Waals surface area contributed by atoms with E-state index in [1.54, 1.807) is 18.2 Å². The average molecular weight is 234 g/mol. The number of hydrogen-bond acceptors (Lipinski definition) is 3. The number of fused-ring (bicyclic) bond motifs is 1. The summed E-state index contributed by atoms with van der Waals surface area (Å²) >= 11 is 5.65. The van der Waals surface area contributed by atoms with E-state index in [-0.39, 0.29) is 5.88 Å². The molecule has 6 heteroatoms. The highest BCUT2D eigenvalue weighted by atomic mass is 35.5. The third kappa shape index (κ3) is 2.02. The van der Waals surface area contributed by atoms with E-state index in [0.717, 1.165) is 0 Å². The molecule has 3 nitrogen and oxygen atoms in total. The van der Waals surface area contributed by atoms with E-state index >= 15 is 0 Å². The van der Waals surface area contributed by atoms with Crippen LogP contribution in [-0.2, 0) is 5.88 Å². The van der Waals surface area contributed by atoms with E-state index < -0.39 is 12.7 Å². The normalized spacial score (nSPS) is 11.2. The van der Waals surface area contributed by atoms with Crippen molar-refractivity contribution in [2.45, 2.75) is 12.5 Å². The Bertz CT molecular complexity index is 472. The van der Waals surface area contributed by atoms with Crippen molar-refractivity contribution in [1.29, 1.82) is 0 Å². The van der Waals surface area contributed by atoms with Gasteiger partial charge in [0.1, 0.15) is 5.52 Å². The van der Waals surface area contributed by atoms with Crippen molar-refractivity contribution < 1.29 is 17.9 Å². The van der Waals surface area contributed by atoms with Crippen molar-refractivity contribution in [2.24, 2.45) is 0 Å². The van der Waals surface area contributed by atoms with Crippen LogP contribution in [0.3, 0.4) is 0 Å². The summed E-state index contributed by atoms with van der Waals surface area (Å²) in [6, 6.07) is 5.05. The summed E-state index contributed by atoms with van der Waals surface area (Å²) in [5.41, 5.74) is 1.54. The molecule has 0 atom stereocenters. The number of halogens is 3. The van der Waals surface area contributed by atoms with Gasteiger partial charge >= 0.3 is 12.7 Å². The molecule has 0 aliphatic carbocycles. The summed E-state index contributed by atoms with van der Waals surface area (Å²) in [5, 5.41) is 0. The number of para-hydroxylation sites is 1. The maximum absolute atomic E-state index is 11.9. The largest absolute Gasteiger partial charge is 0.409 e. The monoisotopic (exact) mass is 233 g/mol. The minimum atomic E-state index is -2.95. The SMILES string of the molecule is FC(F)Oc1nc2c(CCl)cccc2o1. The summed E-state index contributed by atoms with van der Waals surface area (Å²) in [6.07, 6.45) is -0.447. The highest BCUT2D eigenvalue weighted by molar-refractivity contribution is 6.17. The highest BCUT2D eigenvalue weighted by Crippen LogP contribution is 2.25. The third-order valence-electron chi connectivity index (χ3n) is 1.82. The molecular formula is C9H6ClF2NO2. The van der Waals surface area contributed by atoms with Gasteiger partial charge in [0.25, 0.3) is 0 Å². The predicted molar refractivity (Wildman–Crippen MR) is 50.2 cm³/mol. The van der Waals surface area contributed by atoms with Crippen LogP contribution in [0.15, 0.2) is 22.6 Å². The minimum absolute atomic E-state index is 0.234. The van der Waals surface area contributed by atoms with Gasteiger partial charge in [0.05, 0.1) is 0 Å². The van der Waals surface area contributed by atoms with Crippen LogP contribution < -0.4 is 4.74 Å². The Kier molecular flexibility index (Phi) is 2.73. The molecule has 0 N–H and O–H groups in total. The van der Waals surface area contributed by atoms with Gasteiger partial charge in [0, 0.05) is 5.88 Å². The first kappa shape index (κ1) is 10.2. The molecule has 1 aromatic carbocycles. The molecule has 0 aliphatic rings. The van der Waals surface area contributed by atoms with Crippen molar-refractivity contribution in [1.82, 2.24) is 4.98 Å². The summed E-state index contributed by atoms with van der Waals surface area (Å²) < 4.78 is 32.8. The molecule has 15 heavy (non-hydrogen) atoms. The smallest absolute Gasteiger partial charge is 0.399 e. The molecule has 0 radical (unpaired) electrons. The Hall–Kier alpha value is -1.36. The molecule has 80 valence electrons. The fraction of sp³-hybridized carbons (Fsp3) is 0.222. The number of nitrogens with zero attached hydrogens (tertiary/aromatic N) is 1. The number of alkyl halides is 3. The van der Waals surface area contributed by atoms with Gasteiger partial charge in [0.15, 0.2) is 5.58 Å². The molecule has 0 amide bonds. The second-order valence-corrected chi connectivity index (χ2v) is 3.02. The fourth-order valence-electron chi connectivity index (χ4n) is 1.22. The van der Waals surface area contributed by atoms with Gasteiger partial charge in [-0.2, -0.15) is 13.8 Å². The molecule has 2 aromatic rings. The minimum Gasteiger partial charge on any atom is -0.409 e. The summed E-state index contributed by atoms with van der Waals surface area (Å²) in [4.78, 5) is 3.77. The zero-order valence-electron chi connectivity index (χ0n) is 7.41. The molecule has 0 aliphatic heterocycles. The number of benzene rings is 1. The Labute approximate surface area is 88.6 Å². The van der Waals surface area contributed by atoms with E-state index in [0.29, 0.717) is 16.7 Å². The van der Waals surface area contributed by atoms with Crippen molar-refractivity contribution in [3.63, 3.8) is 0 Å². The Morgan fingerprint density at radius 1 is 1.47 bits per heavy atom. The quantitative estimate of drug-likeness (QED) is 0.764. The summed E-state index contributed by atoms with van der Waals surface area (Å²) in [7, 11) is 0. The predicted octanol–water partition coefficient (Wildman–Crippen LogP) is 3.17. The van der Waals surface area contributed by atoms with E-state index in [9.17, 15) is 8.78 Å². The number of rotatable bonds is 3. The van der Waals surface area contributed by atoms with Gasteiger partial charge in [-0.3, -0.25) is 0 Å². The zero-order chi connectivity index (χ0) is 10.8. The zero-order valence-corrected chi connectivity index (χ0v) is 8.17. The van der Waals surface area contributed by atoms with Crippen molar-refractivity contribution in [3.8, 4) is 6.08 Å². The molecule has 0 fully saturated rings. The summed E-state index contributed by atoms with van der Waals surface area (Å²) in [6.45, 7) is -2.95. The Morgan fingerprint density at radius 2 is 2.27 bits per heavy atom. The van der Waals surface area contributed by atoms with Gasteiger partial charge in [-0.05, 0) is 11.6 Å². The molecule has 0 unspecified atom stereocenters. The standard InChI is InChI=1S/C9H6ClF2NO2/c10-4-5-2-1-3-6-7(5)13-9(14-6)15-8(11)12/h1-3,8H,4H2. The van der Waals surface area contributed by atoms with Gasteiger partial charge in [-0.1, -0.05) is 12.1 Å². The first-order chi connectivity index (χ1) is 7.20. The molecule has 1 heterocycles. The Balaban J connectivity index is 2.45. The highest BCUT2D eigenvalue weighted by Gasteiger charge is 2.13. The second kappa shape index (κ2) is 4.02. The lowest BCUT2D eigenvalue weighted by Crippen LogP contribution is -2.01. The molecule has 0 spiro atoms. The van der Waals surface area contributed by atoms with Gasteiger partial charge in [-0.25, -0.2) is 0 Å². The Morgan fingerprint density at radius 3 is 2.93 bits per heavy atom. The average Bonchev–Trinajstić information content (AvgIpc) is 2.58. The van der Waals surface area contributed by atoms with Gasteiger partial charge < -0.3 is 9.15 Å². The van der Waals surface area contributed by atoms with Crippen molar-refractivity contribution in [2.75, 3.05) is 0 Å². The number of aromatic nitrogens is 1. The molecule has 0 bridgehead atoms. The first-order valence-corrected chi connectivity index (χ1v) is 4.63. The van der Waals surface area contributed by atoms with Crippen LogP contribution in [0.4, 0.5) is 8.78 Å². The second-order valence-electron chi connectivity index (χ2n) is 2.76. The number of hydrogen-bond donors (Lipinski definition) is 0. The van der Waals surface area contributed by atoms with Crippen LogP contribution >= 0.6 is 11.6 Å². The van der Waals surface area contributed by atoms with E-state index in [1.807, 2.05) is 0 Å². The lowest BCUT2D eigenvalue weighted by molar-refractivity contribution is -0.0664. The molecule has 1 aromatic heterocycles. The molecule has 0 saturated carbocycles. The van der Waals surface area contributed by atoms with Crippen LogP contribution in [0.5, 0.6) is 6.08 Å². The van der Waals surface area contributed by atoms with Gasteiger partial charge in [-0.15, -0.1) is 11.6 Å². The van der Waals surface area contributed by atoms with Crippen molar-refractivity contribution >= 4 is 22.7 Å². The fourth-order valence-corrected chi connectivity index (χ4v) is 1.44. The van der Waals surface area contributed by atoms with Crippen LogP contribution in [-0.4, -0.2) is 11.6 Å². The molecular weight excluding hydrogens is 228 g/mol. The lowest BCUT2D eigenvalue weighted by Gasteiger charge is -1.94. The number of ether oxygens (including phenoxy) is 1. The molecule has 2 rings (SSSR count). The first-order valence-electron chi connectivity index (χ1n) is 4.10. The maximum atomic E-state index is 11.9. The van der Waals surface area contributed by atoms with E-state index in [4.69, 9.17) is 16.0 Å². The third-order valence-corrected chi connectivity index (χ3v) is 2.10. The summed E-state index contributed by atoms with van der Waals surface area (Å²) in [5.74, 6) is 0.234.